The van der Waals surface area contributed by atoms with Gasteiger partial charge in [0.05, 0.1) is 31.4 Å². The summed E-state index contributed by atoms with van der Waals surface area (Å²) in [5.41, 5.74) is 0.899. The minimum Gasteiger partial charge on any atom is -0.481 e. The number of urea groups is 1. The van der Waals surface area contributed by atoms with Crippen LogP contribution in [0.1, 0.15) is 12.0 Å². The van der Waals surface area contributed by atoms with Gasteiger partial charge in [0.1, 0.15) is 5.82 Å². The minimum absolute atomic E-state index is 0.0839. The highest BCUT2D eigenvalue weighted by atomic mass is 19.1. The molecule has 0 saturated carbocycles. The van der Waals surface area contributed by atoms with Crippen LogP contribution in [0, 0.1) is 12.7 Å². The third-order valence-electron chi connectivity index (χ3n) is 3.26. The van der Waals surface area contributed by atoms with Gasteiger partial charge in [-0.05, 0) is 24.6 Å². The summed E-state index contributed by atoms with van der Waals surface area (Å²) >= 11 is 0. The quantitative estimate of drug-likeness (QED) is 0.892. The molecule has 1 atom stereocenters. The van der Waals surface area contributed by atoms with Crippen molar-refractivity contribution in [2.75, 3.05) is 25.1 Å². The highest BCUT2D eigenvalue weighted by molar-refractivity contribution is 5.90. The van der Waals surface area contributed by atoms with Gasteiger partial charge in [-0.25, -0.2) is 9.18 Å². The Hall–Kier alpha value is -2.15. The normalized spacial score (nSPS) is 18.4. The highest BCUT2D eigenvalue weighted by Gasteiger charge is 2.29. The van der Waals surface area contributed by atoms with Gasteiger partial charge in [-0.15, -0.1) is 0 Å². The number of benzene rings is 1. The lowest BCUT2D eigenvalue weighted by Crippen LogP contribution is -2.51. The third kappa shape index (κ3) is 3.91. The number of aliphatic carboxylic acids is 1. The topological polar surface area (TPSA) is 78.9 Å². The molecule has 0 aliphatic carbocycles. The van der Waals surface area contributed by atoms with Crippen LogP contribution in [0.3, 0.4) is 0 Å². The molecule has 0 aromatic heterocycles. The summed E-state index contributed by atoms with van der Waals surface area (Å²) in [7, 11) is 0. The van der Waals surface area contributed by atoms with Crippen LogP contribution in [-0.2, 0) is 9.53 Å². The summed E-state index contributed by atoms with van der Waals surface area (Å²) < 4.78 is 18.8. The fraction of sp³-hybridized carbons (Fsp3) is 0.429. The molecule has 2 amide bonds. The van der Waals surface area contributed by atoms with Gasteiger partial charge in [-0.3, -0.25) is 4.79 Å². The Morgan fingerprint density at radius 2 is 2.29 bits per heavy atom. The van der Waals surface area contributed by atoms with Crippen LogP contribution in [0.25, 0.3) is 0 Å². The van der Waals surface area contributed by atoms with Crippen LogP contribution >= 0.6 is 0 Å². The molecule has 7 heteroatoms. The van der Waals surface area contributed by atoms with Crippen molar-refractivity contribution in [3.05, 3.63) is 29.6 Å². The number of morpholine rings is 1. The van der Waals surface area contributed by atoms with Gasteiger partial charge in [0.2, 0.25) is 0 Å². The van der Waals surface area contributed by atoms with Gasteiger partial charge < -0.3 is 20.1 Å². The molecule has 21 heavy (non-hydrogen) atoms. The lowest BCUT2D eigenvalue weighted by Gasteiger charge is -2.34. The summed E-state index contributed by atoms with van der Waals surface area (Å²) in [6.07, 6.45) is -0.205. The van der Waals surface area contributed by atoms with Crippen molar-refractivity contribution in [2.45, 2.75) is 19.4 Å². The van der Waals surface area contributed by atoms with Crippen LogP contribution in [0.15, 0.2) is 18.2 Å². The Morgan fingerprint density at radius 3 is 3.00 bits per heavy atom. The average molecular weight is 296 g/mol. The molecule has 2 N–H and O–H groups in total. The largest absolute Gasteiger partial charge is 0.481 e. The van der Waals surface area contributed by atoms with Gasteiger partial charge in [-0.2, -0.15) is 0 Å². The predicted molar refractivity (Wildman–Crippen MR) is 73.7 cm³/mol. The van der Waals surface area contributed by atoms with E-state index in [1.54, 1.807) is 13.0 Å². The molecule has 0 radical (unpaired) electrons. The van der Waals surface area contributed by atoms with Crippen molar-refractivity contribution in [2.24, 2.45) is 0 Å². The number of carbonyl (C=O) groups excluding carboxylic acids is 1. The lowest BCUT2D eigenvalue weighted by molar-refractivity contribution is -0.139. The minimum atomic E-state index is -1.01. The second-order valence-corrected chi connectivity index (χ2v) is 4.93. The van der Waals surface area contributed by atoms with E-state index in [1.807, 2.05) is 0 Å². The van der Waals surface area contributed by atoms with Crippen LogP contribution in [0.5, 0.6) is 0 Å². The van der Waals surface area contributed by atoms with E-state index in [4.69, 9.17) is 9.84 Å². The Bertz CT molecular complexity index is 550. The van der Waals surface area contributed by atoms with Gasteiger partial charge in [-0.1, -0.05) is 6.07 Å². The molecule has 1 fully saturated rings. The zero-order valence-corrected chi connectivity index (χ0v) is 11.6. The molecule has 1 saturated heterocycles. The zero-order chi connectivity index (χ0) is 15.4. The molecule has 1 aliphatic heterocycles. The number of carboxylic acids is 1. The Kier molecular flexibility index (Phi) is 4.74. The third-order valence-corrected chi connectivity index (χ3v) is 3.26. The fourth-order valence-corrected chi connectivity index (χ4v) is 2.21. The summed E-state index contributed by atoms with van der Waals surface area (Å²) in [5.74, 6) is -1.54. The maximum absolute atomic E-state index is 13.7. The molecule has 0 bridgehead atoms. The van der Waals surface area contributed by atoms with Crippen molar-refractivity contribution in [1.29, 1.82) is 0 Å². The molecule has 6 nitrogen and oxygen atoms in total. The van der Waals surface area contributed by atoms with E-state index in [1.165, 1.54) is 17.0 Å². The molecule has 1 heterocycles. The lowest BCUT2D eigenvalue weighted by atomic mass is 10.1. The molecule has 1 aliphatic rings. The van der Waals surface area contributed by atoms with E-state index >= 15 is 0 Å². The van der Waals surface area contributed by atoms with E-state index in [0.29, 0.717) is 6.61 Å². The molecule has 1 aromatic rings. The SMILES string of the molecule is Cc1ccc(F)c(NC(=O)N2CCOCC2CC(=O)O)c1. The van der Waals surface area contributed by atoms with Crippen molar-refractivity contribution in [1.82, 2.24) is 4.90 Å². The number of amides is 2. The van der Waals surface area contributed by atoms with Crippen molar-refractivity contribution >= 4 is 17.7 Å². The number of hydrogen-bond acceptors (Lipinski definition) is 3. The first-order valence-corrected chi connectivity index (χ1v) is 6.60. The summed E-state index contributed by atoms with van der Waals surface area (Å²) in [4.78, 5) is 24.4. The maximum Gasteiger partial charge on any atom is 0.322 e. The number of aryl methyl sites for hydroxylation is 1. The molecule has 2 rings (SSSR count). The number of nitrogens with one attached hydrogen (secondary N) is 1. The zero-order valence-electron chi connectivity index (χ0n) is 11.6. The summed E-state index contributed by atoms with van der Waals surface area (Å²) in [6.45, 7) is 2.56. The maximum atomic E-state index is 13.7. The summed E-state index contributed by atoms with van der Waals surface area (Å²) in [5, 5.41) is 11.3. The van der Waals surface area contributed by atoms with Crippen LogP contribution < -0.4 is 5.32 Å². The van der Waals surface area contributed by atoms with Gasteiger partial charge in [0.25, 0.3) is 0 Å². The van der Waals surface area contributed by atoms with Crippen LogP contribution in [-0.4, -0.2) is 47.8 Å². The van der Waals surface area contributed by atoms with E-state index < -0.39 is 23.9 Å². The molecular weight excluding hydrogens is 279 g/mol. The fourth-order valence-electron chi connectivity index (χ4n) is 2.21. The number of carbonyl (C=O) groups is 2. The number of halogens is 1. The first-order chi connectivity index (χ1) is 9.97. The number of ether oxygens (including phenoxy) is 1. The van der Waals surface area contributed by atoms with Gasteiger partial charge >= 0.3 is 12.0 Å². The molecule has 1 unspecified atom stereocenters. The Labute approximate surface area is 121 Å². The predicted octanol–water partition coefficient (Wildman–Crippen LogP) is 1.84. The van der Waals surface area contributed by atoms with E-state index in [9.17, 15) is 14.0 Å². The number of carboxylic acid groups (broad SMARTS) is 1. The van der Waals surface area contributed by atoms with E-state index in [2.05, 4.69) is 5.32 Å². The highest BCUT2D eigenvalue weighted by Crippen LogP contribution is 2.18. The first kappa shape index (κ1) is 15.2. The number of rotatable bonds is 3. The van der Waals surface area contributed by atoms with Gasteiger partial charge in [0, 0.05) is 6.54 Å². The summed E-state index contributed by atoms with van der Waals surface area (Å²) in [6, 6.07) is 3.34. The molecular formula is C14H17FN2O4. The van der Waals surface area contributed by atoms with E-state index in [0.717, 1.165) is 5.56 Å². The molecule has 114 valence electrons. The number of anilines is 1. The van der Waals surface area contributed by atoms with E-state index in [-0.39, 0.29) is 25.3 Å². The Morgan fingerprint density at radius 1 is 1.52 bits per heavy atom. The van der Waals surface area contributed by atoms with Crippen LogP contribution in [0.4, 0.5) is 14.9 Å². The second-order valence-electron chi connectivity index (χ2n) is 4.93. The van der Waals surface area contributed by atoms with Crippen molar-refractivity contribution in [3.8, 4) is 0 Å². The standard InChI is InChI=1S/C14H17FN2O4/c1-9-2-3-11(15)12(6-9)16-14(20)17-4-5-21-8-10(17)7-13(18)19/h2-3,6,10H,4-5,7-8H2,1H3,(H,16,20)(H,18,19). The van der Waals surface area contributed by atoms with Crippen molar-refractivity contribution < 1.29 is 23.8 Å². The number of hydrogen-bond donors (Lipinski definition) is 2. The van der Waals surface area contributed by atoms with Crippen molar-refractivity contribution in [3.63, 3.8) is 0 Å². The number of nitrogens with zero attached hydrogens (tertiary/aromatic N) is 1. The monoisotopic (exact) mass is 296 g/mol. The first-order valence-electron chi connectivity index (χ1n) is 6.60. The van der Waals surface area contributed by atoms with Crippen LogP contribution in [0.2, 0.25) is 0 Å². The molecule has 0 spiro atoms. The average Bonchev–Trinajstić information content (AvgIpc) is 2.42. The Balaban J connectivity index is 2.10. The van der Waals surface area contributed by atoms with Gasteiger partial charge in [0.15, 0.2) is 0 Å². The molecule has 1 aromatic carbocycles. The smallest absolute Gasteiger partial charge is 0.322 e. The second kappa shape index (κ2) is 6.53.